The van der Waals surface area contributed by atoms with Crippen LogP contribution in [0.4, 0.5) is 0 Å². The molecule has 0 fully saturated rings. The van der Waals surface area contributed by atoms with Crippen LogP contribution in [0.5, 0.6) is 0 Å². The lowest BCUT2D eigenvalue weighted by Gasteiger charge is -2.22. The first-order valence-electron chi connectivity index (χ1n) is 6.70. The number of benzene rings is 3. The van der Waals surface area contributed by atoms with Crippen LogP contribution in [0.2, 0.25) is 0 Å². The topological polar surface area (TPSA) is 3.24 Å². The Labute approximate surface area is 152 Å². The minimum absolute atomic E-state index is 0.861. The van der Waals surface area contributed by atoms with Gasteiger partial charge in [0.25, 0.3) is 0 Å². The second kappa shape index (κ2) is 6.79. The molecule has 112 valence electrons. The van der Waals surface area contributed by atoms with Crippen molar-refractivity contribution in [2.45, 2.75) is 0 Å². The van der Waals surface area contributed by atoms with Gasteiger partial charge in [0.2, 0.25) is 0 Å². The van der Waals surface area contributed by atoms with Crippen LogP contribution in [0.1, 0.15) is 5.56 Å². The molecule has 0 bridgehead atoms. The van der Waals surface area contributed by atoms with Gasteiger partial charge in [0.1, 0.15) is 4.99 Å². The van der Waals surface area contributed by atoms with Gasteiger partial charge in [-0.2, -0.15) is 0 Å². The SMILES string of the molecule is CSN(SC)C(=S)c1c2ccccc2c(Br)c2ccccc12. The van der Waals surface area contributed by atoms with Gasteiger partial charge in [-0.3, -0.25) is 0 Å². The summed E-state index contributed by atoms with van der Waals surface area (Å²) in [6.07, 6.45) is 4.10. The van der Waals surface area contributed by atoms with E-state index in [-0.39, 0.29) is 0 Å². The van der Waals surface area contributed by atoms with E-state index in [9.17, 15) is 0 Å². The average Bonchev–Trinajstić information content (AvgIpc) is 2.56. The van der Waals surface area contributed by atoms with Crippen molar-refractivity contribution < 1.29 is 0 Å². The van der Waals surface area contributed by atoms with Crippen LogP contribution >= 0.6 is 52.0 Å². The van der Waals surface area contributed by atoms with Gasteiger partial charge in [-0.1, -0.05) is 60.7 Å². The van der Waals surface area contributed by atoms with Gasteiger partial charge in [-0.05, 0) is 61.4 Å². The third kappa shape index (κ3) is 2.64. The molecule has 0 amide bonds. The lowest BCUT2D eigenvalue weighted by atomic mass is 9.97. The summed E-state index contributed by atoms with van der Waals surface area (Å²) in [5.41, 5.74) is 1.13. The Balaban J connectivity index is 2.44. The highest BCUT2D eigenvalue weighted by atomic mass is 79.9. The van der Waals surface area contributed by atoms with Gasteiger partial charge in [0.15, 0.2) is 0 Å². The normalized spacial score (nSPS) is 11.0. The number of hydrogen-bond donors (Lipinski definition) is 0. The number of thiocarbonyl (C=S) groups is 1. The monoisotopic (exact) mass is 407 g/mol. The highest BCUT2D eigenvalue weighted by Crippen LogP contribution is 2.38. The highest BCUT2D eigenvalue weighted by Gasteiger charge is 2.18. The molecule has 0 aliphatic carbocycles. The average molecular weight is 408 g/mol. The van der Waals surface area contributed by atoms with Crippen molar-refractivity contribution in [3.63, 3.8) is 0 Å². The molecule has 0 N–H and O–H groups in total. The first kappa shape index (κ1) is 16.1. The second-order valence-corrected chi connectivity index (χ2v) is 7.58. The summed E-state index contributed by atoms with van der Waals surface area (Å²) in [4.78, 5) is 0.861. The molecule has 0 aliphatic rings. The van der Waals surface area contributed by atoms with Crippen LogP contribution < -0.4 is 0 Å². The molecule has 0 radical (unpaired) electrons. The van der Waals surface area contributed by atoms with E-state index in [1.807, 2.05) is 12.5 Å². The predicted octanol–water partition coefficient (Wildman–Crippen LogP) is 6.29. The van der Waals surface area contributed by atoms with Gasteiger partial charge < -0.3 is 0 Å². The number of rotatable bonds is 3. The second-order valence-electron chi connectivity index (χ2n) is 4.71. The van der Waals surface area contributed by atoms with Gasteiger partial charge in [0.05, 0.1) is 0 Å². The molecule has 0 aliphatic heterocycles. The summed E-state index contributed by atoms with van der Waals surface area (Å²) in [6.45, 7) is 0. The van der Waals surface area contributed by atoms with Crippen molar-refractivity contribution in [3.05, 3.63) is 58.6 Å². The Bertz CT molecular complexity index is 802. The van der Waals surface area contributed by atoms with E-state index in [1.165, 1.54) is 21.5 Å². The Morgan fingerprint density at radius 3 is 1.68 bits per heavy atom. The van der Waals surface area contributed by atoms with Gasteiger partial charge in [-0.25, -0.2) is 3.71 Å². The summed E-state index contributed by atoms with van der Waals surface area (Å²) >= 11 is 12.9. The van der Waals surface area contributed by atoms with E-state index in [0.29, 0.717) is 0 Å². The zero-order chi connectivity index (χ0) is 15.7. The minimum Gasteiger partial charge on any atom is -0.248 e. The maximum atomic E-state index is 5.81. The van der Waals surface area contributed by atoms with Gasteiger partial charge in [-0.15, -0.1) is 0 Å². The van der Waals surface area contributed by atoms with Gasteiger partial charge in [0, 0.05) is 22.5 Å². The lowest BCUT2D eigenvalue weighted by molar-refractivity contribution is 1.18. The summed E-state index contributed by atoms with van der Waals surface area (Å²) in [5, 5.41) is 4.76. The van der Waals surface area contributed by atoms with Crippen LogP contribution in [0.3, 0.4) is 0 Å². The molecule has 0 heterocycles. The van der Waals surface area contributed by atoms with Crippen LogP contribution in [0.25, 0.3) is 21.5 Å². The fourth-order valence-corrected chi connectivity index (χ4v) is 5.11. The maximum Gasteiger partial charge on any atom is 0.131 e. The molecule has 0 aromatic heterocycles. The Kier molecular flexibility index (Phi) is 4.97. The van der Waals surface area contributed by atoms with Crippen LogP contribution in [0.15, 0.2) is 53.0 Å². The van der Waals surface area contributed by atoms with Crippen molar-refractivity contribution >= 4 is 78.6 Å². The van der Waals surface area contributed by atoms with Crippen molar-refractivity contribution in [3.8, 4) is 0 Å². The quantitative estimate of drug-likeness (QED) is 0.285. The molecule has 0 saturated heterocycles. The Morgan fingerprint density at radius 2 is 1.27 bits per heavy atom. The molecule has 0 spiro atoms. The Hall–Kier alpha value is -0.750. The van der Waals surface area contributed by atoms with E-state index in [0.717, 1.165) is 15.0 Å². The summed E-state index contributed by atoms with van der Waals surface area (Å²) in [5.74, 6) is 0. The fourth-order valence-electron chi connectivity index (χ4n) is 2.64. The predicted molar refractivity (Wildman–Crippen MR) is 110 cm³/mol. The zero-order valence-corrected chi connectivity index (χ0v) is 16.2. The standard InChI is InChI=1S/C17H14BrNS3/c1-21-19(22-2)17(20)15-11-7-3-5-9-13(11)16(18)14-10-6-4-8-12(14)15/h3-10H,1-2H3. The molecule has 22 heavy (non-hydrogen) atoms. The fraction of sp³-hybridized carbons (Fsp3) is 0.118. The first-order chi connectivity index (χ1) is 10.7. The number of nitrogens with zero attached hydrogens (tertiary/aromatic N) is 1. The summed E-state index contributed by atoms with van der Waals surface area (Å²) in [7, 11) is 0. The molecule has 1 nitrogen and oxygen atoms in total. The van der Waals surface area contributed by atoms with Crippen LogP contribution in [-0.4, -0.2) is 21.2 Å². The molecule has 3 rings (SSSR count). The van der Waals surface area contributed by atoms with Crippen molar-refractivity contribution in [1.29, 1.82) is 0 Å². The molecule has 0 unspecified atom stereocenters. The van der Waals surface area contributed by atoms with Crippen LogP contribution in [-0.2, 0) is 0 Å². The molecule has 0 atom stereocenters. The number of fused-ring (bicyclic) bond motifs is 2. The summed E-state index contributed by atoms with van der Waals surface area (Å²) in [6, 6.07) is 16.8. The molecular formula is C17H14BrNS3. The van der Waals surface area contributed by atoms with E-state index in [1.54, 1.807) is 23.9 Å². The third-order valence-corrected chi connectivity index (χ3v) is 6.97. The number of halogens is 1. The van der Waals surface area contributed by atoms with Crippen molar-refractivity contribution in [1.82, 2.24) is 3.71 Å². The van der Waals surface area contributed by atoms with Crippen molar-refractivity contribution in [2.75, 3.05) is 12.5 Å². The molecule has 3 aromatic carbocycles. The minimum atomic E-state index is 0.861. The van der Waals surface area contributed by atoms with E-state index < -0.39 is 0 Å². The maximum absolute atomic E-state index is 5.81. The zero-order valence-electron chi connectivity index (χ0n) is 12.2. The smallest absolute Gasteiger partial charge is 0.131 e. The molecule has 3 aromatic rings. The third-order valence-electron chi connectivity index (χ3n) is 3.58. The van der Waals surface area contributed by atoms with Crippen LogP contribution in [0, 0.1) is 0 Å². The van der Waals surface area contributed by atoms with E-state index in [4.69, 9.17) is 12.2 Å². The molecule has 0 saturated carbocycles. The first-order valence-corrected chi connectivity index (χ1v) is 10.3. The van der Waals surface area contributed by atoms with E-state index in [2.05, 4.69) is 68.2 Å². The lowest BCUT2D eigenvalue weighted by Crippen LogP contribution is -2.16. The van der Waals surface area contributed by atoms with Crippen molar-refractivity contribution in [2.24, 2.45) is 0 Å². The van der Waals surface area contributed by atoms with E-state index >= 15 is 0 Å². The summed E-state index contributed by atoms with van der Waals surface area (Å²) < 4.78 is 3.21. The largest absolute Gasteiger partial charge is 0.248 e. The molecular weight excluding hydrogens is 394 g/mol. The number of hydrogen-bond acceptors (Lipinski definition) is 3. The molecule has 5 heteroatoms. The van der Waals surface area contributed by atoms with Gasteiger partial charge >= 0.3 is 0 Å². The Morgan fingerprint density at radius 1 is 0.864 bits per heavy atom. The highest BCUT2D eigenvalue weighted by molar-refractivity contribution is 9.10.